The quantitative estimate of drug-likeness (QED) is 0.890. The van der Waals surface area contributed by atoms with Crippen molar-refractivity contribution in [2.75, 3.05) is 11.1 Å². The molecule has 88 valence electrons. The number of aryl methyl sites for hydroxylation is 1. The third kappa shape index (κ3) is 2.74. The zero-order chi connectivity index (χ0) is 12.4. The van der Waals surface area contributed by atoms with Crippen molar-refractivity contribution in [3.63, 3.8) is 0 Å². The van der Waals surface area contributed by atoms with Crippen LogP contribution in [0, 0.1) is 12.7 Å². The molecule has 0 fully saturated rings. The van der Waals surface area contributed by atoms with Gasteiger partial charge in [-0.25, -0.2) is 9.37 Å². The molecule has 2 aromatic rings. The Kier molecular flexibility index (Phi) is 3.28. The minimum absolute atomic E-state index is 0.337. The Balaban J connectivity index is 2.28. The number of aromatic nitrogens is 1. The second-order valence-electron chi connectivity index (χ2n) is 3.62. The highest BCUT2D eigenvalue weighted by atomic mass is 79.9. The van der Waals surface area contributed by atoms with Crippen LogP contribution in [0.2, 0.25) is 0 Å². The maximum atomic E-state index is 13.6. The highest BCUT2D eigenvalue weighted by Crippen LogP contribution is 2.23. The van der Waals surface area contributed by atoms with Crippen LogP contribution in [0.4, 0.5) is 21.6 Å². The molecule has 2 rings (SSSR count). The van der Waals surface area contributed by atoms with Gasteiger partial charge < -0.3 is 11.1 Å². The molecule has 17 heavy (non-hydrogen) atoms. The summed E-state index contributed by atoms with van der Waals surface area (Å²) in [6.45, 7) is 1.80. The SMILES string of the molecule is Cc1nc(Nc2ccc(Br)cc2F)ccc1N. The highest BCUT2D eigenvalue weighted by molar-refractivity contribution is 9.10. The van der Waals surface area contributed by atoms with Gasteiger partial charge in [0.1, 0.15) is 11.6 Å². The predicted molar refractivity (Wildman–Crippen MR) is 70.8 cm³/mol. The number of nitrogens with one attached hydrogen (secondary N) is 1. The molecule has 0 amide bonds. The lowest BCUT2D eigenvalue weighted by molar-refractivity contribution is 0.631. The summed E-state index contributed by atoms with van der Waals surface area (Å²) in [5.74, 6) is 0.230. The first-order chi connectivity index (χ1) is 8.06. The predicted octanol–water partition coefficient (Wildman–Crippen LogP) is 3.62. The fourth-order valence-electron chi connectivity index (χ4n) is 1.37. The molecule has 5 heteroatoms. The zero-order valence-electron chi connectivity index (χ0n) is 9.17. The van der Waals surface area contributed by atoms with E-state index in [0.717, 1.165) is 0 Å². The summed E-state index contributed by atoms with van der Waals surface area (Å²) >= 11 is 3.20. The van der Waals surface area contributed by atoms with Crippen LogP contribution in [-0.2, 0) is 0 Å². The van der Waals surface area contributed by atoms with Gasteiger partial charge in [0.2, 0.25) is 0 Å². The molecule has 0 aliphatic carbocycles. The van der Waals surface area contributed by atoms with E-state index in [-0.39, 0.29) is 5.82 Å². The van der Waals surface area contributed by atoms with E-state index in [1.54, 1.807) is 31.2 Å². The van der Waals surface area contributed by atoms with Crippen LogP contribution >= 0.6 is 15.9 Å². The molecule has 1 aromatic heterocycles. The van der Waals surface area contributed by atoms with Crippen LogP contribution < -0.4 is 11.1 Å². The number of benzene rings is 1. The van der Waals surface area contributed by atoms with E-state index in [4.69, 9.17) is 5.73 Å². The molecule has 3 N–H and O–H groups in total. The first kappa shape index (κ1) is 11.9. The minimum atomic E-state index is -0.337. The number of anilines is 3. The van der Waals surface area contributed by atoms with E-state index in [2.05, 4.69) is 26.2 Å². The van der Waals surface area contributed by atoms with Gasteiger partial charge in [0.05, 0.1) is 17.1 Å². The van der Waals surface area contributed by atoms with Crippen LogP contribution in [0.25, 0.3) is 0 Å². The second-order valence-corrected chi connectivity index (χ2v) is 4.54. The van der Waals surface area contributed by atoms with Gasteiger partial charge in [0, 0.05) is 4.47 Å². The Morgan fingerprint density at radius 2 is 2.06 bits per heavy atom. The smallest absolute Gasteiger partial charge is 0.147 e. The average molecular weight is 296 g/mol. The highest BCUT2D eigenvalue weighted by Gasteiger charge is 2.04. The van der Waals surface area contributed by atoms with Crippen molar-refractivity contribution < 1.29 is 4.39 Å². The summed E-state index contributed by atoms with van der Waals surface area (Å²) in [5.41, 5.74) is 7.37. The number of nitrogens with two attached hydrogens (primary N) is 1. The maximum absolute atomic E-state index is 13.6. The normalized spacial score (nSPS) is 10.3. The van der Waals surface area contributed by atoms with Crippen molar-refractivity contribution in [1.29, 1.82) is 0 Å². The van der Waals surface area contributed by atoms with E-state index in [1.165, 1.54) is 6.07 Å². The second kappa shape index (κ2) is 4.71. The Hall–Kier alpha value is -1.62. The lowest BCUT2D eigenvalue weighted by Crippen LogP contribution is -1.99. The van der Waals surface area contributed by atoms with Crippen LogP contribution in [0.1, 0.15) is 5.69 Å². The Bertz CT molecular complexity index is 557. The molecule has 0 aliphatic heterocycles. The van der Waals surface area contributed by atoms with Gasteiger partial charge in [-0.1, -0.05) is 15.9 Å². The topological polar surface area (TPSA) is 50.9 Å². The van der Waals surface area contributed by atoms with Crippen LogP contribution in [0.15, 0.2) is 34.8 Å². The first-order valence-corrected chi connectivity index (χ1v) is 5.81. The Morgan fingerprint density at radius 3 is 2.71 bits per heavy atom. The molecule has 3 nitrogen and oxygen atoms in total. The number of nitrogens with zero attached hydrogens (tertiary/aromatic N) is 1. The average Bonchev–Trinajstić information content (AvgIpc) is 2.27. The molecule has 1 heterocycles. The molecule has 1 aromatic carbocycles. The number of rotatable bonds is 2. The van der Waals surface area contributed by atoms with Gasteiger partial charge in [-0.2, -0.15) is 0 Å². The molecule has 0 aliphatic rings. The number of nitrogen functional groups attached to an aromatic ring is 1. The summed E-state index contributed by atoms with van der Waals surface area (Å²) in [4.78, 5) is 4.22. The van der Waals surface area contributed by atoms with Crippen molar-refractivity contribution in [1.82, 2.24) is 4.98 Å². The van der Waals surface area contributed by atoms with E-state index >= 15 is 0 Å². The van der Waals surface area contributed by atoms with Gasteiger partial charge in [-0.3, -0.25) is 0 Å². The van der Waals surface area contributed by atoms with Crippen molar-refractivity contribution in [2.24, 2.45) is 0 Å². The molecule has 0 spiro atoms. The van der Waals surface area contributed by atoms with E-state index in [0.29, 0.717) is 27.4 Å². The molecule has 0 saturated carbocycles. The van der Waals surface area contributed by atoms with Crippen molar-refractivity contribution in [3.05, 3.63) is 46.3 Å². The summed E-state index contributed by atoms with van der Waals surface area (Å²) in [6.07, 6.45) is 0. The van der Waals surface area contributed by atoms with Crippen LogP contribution in [-0.4, -0.2) is 4.98 Å². The molecule has 0 saturated heterocycles. The lowest BCUT2D eigenvalue weighted by atomic mass is 10.3. The van der Waals surface area contributed by atoms with Crippen molar-refractivity contribution >= 4 is 33.1 Å². The lowest BCUT2D eigenvalue weighted by Gasteiger charge is -2.08. The van der Waals surface area contributed by atoms with Gasteiger partial charge >= 0.3 is 0 Å². The molecular weight excluding hydrogens is 285 g/mol. The van der Waals surface area contributed by atoms with Crippen molar-refractivity contribution in [3.8, 4) is 0 Å². The molecule has 0 bridgehead atoms. The summed E-state index contributed by atoms with van der Waals surface area (Å²) < 4.78 is 14.3. The minimum Gasteiger partial charge on any atom is -0.397 e. The number of halogens is 2. The van der Waals surface area contributed by atoms with E-state index < -0.39 is 0 Å². The van der Waals surface area contributed by atoms with Crippen LogP contribution in [0.3, 0.4) is 0 Å². The van der Waals surface area contributed by atoms with E-state index in [9.17, 15) is 4.39 Å². The fraction of sp³-hybridized carbons (Fsp3) is 0.0833. The molecular formula is C12H11BrFN3. The molecule has 0 radical (unpaired) electrons. The monoisotopic (exact) mass is 295 g/mol. The standard InChI is InChI=1S/C12H11BrFN3/c1-7-10(15)3-5-12(16-7)17-11-4-2-8(13)6-9(11)14/h2-6H,15H2,1H3,(H,16,17). The van der Waals surface area contributed by atoms with Gasteiger partial charge in [0.25, 0.3) is 0 Å². The first-order valence-electron chi connectivity index (χ1n) is 5.01. The third-order valence-electron chi connectivity index (χ3n) is 2.32. The van der Waals surface area contributed by atoms with Gasteiger partial charge in [-0.05, 0) is 37.3 Å². The molecule has 0 unspecified atom stereocenters. The summed E-state index contributed by atoms with van der Waals surface area (Å²) in [6, 6.07) is 8.25. The Labute approximate surface area is 107 Å². The van der Waals surface area contributed by atoms with E-state index in [1.807, 2.05) is 0 Å². The largest absolute Gasteiger partial charge is 0.397 e. The number of hydrogen-bond acceptors (Lipinski definition) is 3. The third-order valence-corrected chi connectivity index (χ3v) is 2.81. The van der Waals surface area contributed by atoms with Crippen molar-refractivity contribution in [2.45, 2.75) is 6.92 Å². The Morgan fingerprint density at radius 1 is 1.29 bits per heavy atom. The van der Waals surface area contributed by atoms with Crippen LogP contribution in [0.5, 0.6) is 0 Å². The molecule has 0 atom stereocenters. The maximum Gasteiger partial charge on any atom is 0.147 e. The summed E-state index contributed by atoms with van der Waals surface area (Å²) in [5, 5.41) is 2.90. The number of pyridine rings is 1. The summed E-state index contributed by atoms with van der Waals surface area (Å²) in [7, 11) is 0. The van der Waals surface area contributed by atoms with Gasteiger partial charge in [-0.15, -0.1) is 0 Å². The zero-order valence-corrected chi connectivity index (χ0v) is 10.8. The number of hydrogen-bond donors (Lipinski definition) is 2. The van der Waals surface area contributed by atoms with Gasteiger partial charge in [0.15, 0.2) is 0 Å². The fourth-order valence-corrected chi connectivity index (χ4v) is 1.70.